The minimum atomic E-state index is -0.506. The molecule has 5 rings (SSSR count). The van der Waals surface area contributed by atoms with Gasteiger partial charge in [-0.1, -0.05) is 30.3 Å². The Morgan fingerprint density at radius 1 is 1.06 bits per heavy atom. The highest BCUT2D eigenvalue weighted by Crippen LogP contribution is 2.43. The maximum Gasteiger partial charge on any atom is 0.255 e. The Bertz CT molecular complexity index is 1350. The van der Waals surface area contributed by atoms with Crippen molar-refractivity contribution in [3.8, 4) is 11.5 Å². The van der Waals surface area contributed by atoms with Crippen molar-refractivity contribution in [3.63, 3.8) is 0 Å². The average molecular weight is 530 g/mol. The molecule has 7 heteroatoms. The number of carbonyl (C=O) groups excluding carboxylic acids is 2. The number of aromatic nitrogens is 1. The van der Waals surface area contributed by atoms with E-state index in [-0.39, 0.29) is 11.7 Å². The number of allylic oxidation sites excluding steroid dienone is 3. The number of amides is 1. The second kappa shape index (κ2) is 9.88. The van der Waals surface area contributed by atoms with Gasteiger partial charge in [0.05, 0.1) is 0 Å². The van der Waals surface area contributed by atoms with E-state index in [1.165, 1.54) is 0 Å². The third-order valence-electron chi connectivity index (χ3n) is 6.16. The molecule has 2 aliphatic rings. The van der Waals surface area contributed by atoms with Crippen LogP contribution in [0.2, 0.25) is 0 Å². The zero-order valence-corrected chi connectivity index (χ0v) is 20.8. The number of carbonyl (C=O) groups is 2. The Balaban J connectivity index is 1.55. The smallest absolute Gasteiger partial charge is 0.255 e. The van der Waals surface area contributed by atoms with E-state index >= 15 is 0 Å². The molecule has 1 amide bonds. The molecule has 1 atom stereocenters. The summed E-state index contributed by atoms with van der Waals surface area (Å²) in [6.45, 7) is 1.88. The summed E-state index contributed by atoms with van der Waals surface area (Å²) >= 11 is 3.36. The predicted molar refractivity (Wildman–Crippen MR) is 138 cm³/mol. The number of hydrogen-bond acceptors (Lipinski definition) is 5. The summed E-state index contributed by atoms with van der Waals surface area (Å²) in [6, 6.07) is 20.7. The van der Waals surface area contributed by atoms with Gasteiger partial charge in [0.2, 0.25) is 0 Å². The first kappa shape index (κ1) is 23.1. The molecule has 0 radical (unpaired) electrons. The Morgan fingerprint density at radius 2 is 1.86 bits per heavy atom. The van der Waals surface area contributed by atoms with Crippen LogP contribution in [-0.2, 0) is 9.59 Å². The van der Waals surface area contributed by atoms with Crippen molar-refractivity contribution in [2.45, 2.75) is 32.1 Å². The molecule has 35 heavy (non-hydrogen) atoms. The number of hydrogen-bond donors (Lipinski definition) is 2. The van der Waals surface area contributed by atoms with Gasteiger partial charge < -0.3 is 15.4 Å². The molecule has 3 aromatic rings. The maximum atomic E-state index is 13.6. The lowest BCUT2D eigenvalue weighted by Crippen LogP contribution is -2.35. The van der Waals surface area contributed by atoms with E-state index in [2.05, 4.69) is 31.5 Å². The predicted octanol–water partition coefficient (Wildman–Crippen LogP) is 6.24. The second-order valence-electron chi connectivity index (χ2n) is 8.57. The molecular weight excluding hydrogens is 506 g/mol. The first-order valence-corrected chi connectivity index (χ1v) is 12.3. The SMILES string of the molecule is CC1=C(C(=O)Nc2ccc(Br)cn2)C(c2cccc(Oc3ccccc3)c2)C2=C(CCCC2=O)N1. The van der Waals surface area contributed by atoms with Gasteiger partial charge in [0.25, 0.3) is 5.91 Å². The summed E-state index contributed by atoms with van der Waals surface area (Å²) in [5, 5.41) is 6.25. The van der Waals surface area contributed by atoms with E-state index in [4.69, 9.17) is 4.74 Å². The number of dihydropyridines is 1. The number of anilines is 1. The monoisotopic (exact) mass is 529 g/mol. The standard InChI is InChI=1S/C28H24BrN3O3/c1-17-25(28(34)32-24-14-13-19(29)16-30-24)26(27-22(31-17)11-6-12-23(27)33)18-7-5-10-21(15-18)35-20-8-3-2-4-9-20/h2-5,7-10,13-16,26,31H,6,11-12H2,1H3,(H,30,32,34). The van der Waals surface area contributed by atoms with Crippen molar-refractivity contribution >= 4 is 33.4 Å². The topological polar surface area (TPSA) is 80.3 Å². The molecule has 6 nitrogen and oxygen atoms in total. The van der Waals surface area contributed by atoms with Crippen molar-refractivity contribution in [2.24, 2.45) is 0 Å². The van der Waals surface area contributed by atoms with Gasteiger partial charge >= 0.3 is 0 Å². The van der Waals surface area contributed by atoms with E-state index < -0.39 is 5.92 Å². The maximum absolute atomic E-state index is 13.6. The summed E-state index contributed by atoms with van der Waals surface area (Å²) in [6.07, 6.45) is 3.67. The number of halogens is 1. The number of benzene rings is 2. The Morgan fingerprint density at radius 3 is 2.63 bits per heavy atom. The zero-order chi connectivity index (χ0) is 24.4. The van der Waals surface area contributed by atoms with Crippen LogP contribution in [0.1, 0.15) is 37.7 Å². The summed E-state index contributed by atoms with van der Waals surface area (Å²) in [4.78, 5) is 31.0. The van der Waals surface area contributed by atoms with Gasteiger partial charge in [0, 0.05) is 45.5 Å². The van der Waals surface area contributed by atoms with Gasteiger partial charge in [0.15, 0.2) is 5.78 Å². The highest BCUT2D eigenvalue weighted by molar-refractivity contribution is 9.10. The molecule has 1 aliphatic heterocycles. The molecule has 0 saturated heterocycles. The Kier molecular flexibility index (Phi) is 6.51. The van der Waals surface area contributed by atoms with E-state index in [9.17, 15) is 9.59 Å². The number of ketones is 1. The third kappa shape index (κ3) is 4.91. The number of nitrogens with zero attached hydrogens (tertiary/aromatic N) is 1. The van der Waals surface area contributed by atoms with Crippen LogP contribution >= 0.6 is 15.9 Å². The van der Waals surface area contributed by atoms with Crippen LogP contribution in [0.15, 0.2) is 99.9 Å². The minimum Gasteiger partial charge on any atom is -0.457 e. The van der Waals surface area contributed by atoms with Crippen molar-refractivity contribution in [3.05, 3.63) is 106 Å². The van der Waals surface area contributed by atoms with E-state index in [0.29, 0.717) is 29.1 Å². The first-order valence-electron chi connectivity index (χ1n) is 11.5. The van der Waals surface area contributed by atoms with Crippen LogP contribution in [0.5, 0.6) is 11.5 Å². The molecule has 176 valence electrons. The highest BCUT2D eigenvalue weighted by atomic mass is 79.9. The second-order valence-corrected chi connectivity index (χ2v) is 9.48. The summed E-state index contributed by atoms with van der Waals surface area (Å²) < 4.78 is 6.87. The minimum absolute atomic E-state index is 0.0673. The number of pyridine rings is 1. The molecule has 1 aromatic heterocycles. The van der Waals surface area contributed by atoms with Crippen LogP contribution < -0.4 is 15.4 Å². The van der Waals surface area contributed by atoms with Crippen LogP contribution in [0, 0.1) is 0 Å². The summed E-state index contributed by atoms with van der Waals surface area (Å²) in [5.74, 6) is 1.06. The van der Waals surface area contributed by atoms with Crippen LogP contribution in [0.4, 0.5) is 5.82 Å². The molecule has 2 N–H and O–H groups in total. The van der Waals surface area contributed by atoms with Gasteiger partial charge in [0.1, 0.15) is 17.3 Å². The summed E-state index contributed by atoms with van der Waals surface area (Å²) in [5.41, 5.74) is 3.62. The van der Waals surface area contributed by atoms with Crippen LogP contribution in [0.25, 0.3) is 0 Å². The molecule has 2 aromatic carbocycles. The number of nitrogens with one attached hydrogen (secondary N) is 2. The molecule has 2 heterocycles. The zero-order valence-electron chi connectivity index (χ0n) is 19.2. The highest BCUT2D eigenvalue weighted by Gasteiger charge is 2.38. The molecule has 1 aliphatic carbocycles. The normalized spacial score (nSPS) is 17.5. The third-order valence-corrected chi connectivity index (χ3v) is 6.63. The van der Waals surface area contributed by atoms with Crippen molar-refractivity contribution in [2.75, 3.05) is 5.32 Å². The molecule has 0 saturated carbocycles. The largest absolute Gasteiger partial charge is 0.457 e. The fourth-order valence-corrected chi connectivity index (χ4v) is 4.87. The van der Waals surface area contributed by atoms with E-state index in [1.807, 2.05) is 67.6 Å². The molecule has 1 unspecified atom stereocenters. The molecule has 0 bridgehead atoms. The number of ether oxygens (including phenoxy) is 1. The fraction of sp³-hybridized carbons (Fsp3) is 0.179. The number of Topliss-reactive ketones (excluding diaryl/α,β-unsaturated/α-hetero) is 1. The Hall–Kier alpha value is -3.71. The molecule has 0 fully saturated rings. The number of para-hydroxylation sites is 1. The van der Waals surface area contributed by atoms with Crippen LogP contribution in [-0.4, -0.2) is 16.7 Å². The van der Waals surface area contributed by atoms with Gasteiger partial charge in [-0.2, -0.15) is 0 Å². The lowest BCUT2D eigenvalue weighted by molar-refractivity contribution is -0.116. The van der Waals surface area contributed by atoms with Crippen molar-refractivity contribution in [1.29, 1.82) is 0 Å². The van der Waals surface area contributed by atoms with E-state index in [0.717, 1.165) is 40.0 Å². The van der Waals surface area contributed by atoms with Gasteiger partial charge in [-0.15, -0.1) is 0 Å². The fourth-order valence-electron chi connectivity index (χ4n) is 4.63. The van der Waals surface area contributed by atoms with Crippen LogP contribution in [0.3, 0.4) is 0 Å². The van der Waals surface area contributed by atoms with Crippen molar-refractivity contribution < 1.29 is 14.3 Å². The van der Waals surface area contributed by atoms with E-state index in [1.54, 1.807) is 12.3 Å². The quantitative estimate of drug-likeness (QED) is 0.408. The summed E-state index contributed by atoms with van der Waals surface area (Å²) in [7, 11) is 0. The van der Waals surface area contributed by atoms with Gasteiger partial charge in [-0.3, -0.25) is 9.59 Å². The molecular formula is C28H24BrN3O3. The lowest BCUT2D eigenvalue weighted by atomic mass is 9.75. The number of rotatable bonds is 5. The van der Waals surface area contributed by atoms with Gasteiger partial charge in [-0.05, 0) is 77.7 Å². The average Bonchev–Trinajstić information content (AvgIpc) is 2.85. The van der Waals surface area contributed by atoms with Crippen molar-refractivity contribution in [1.82, 2.24) is 10.3 Å². The molecule has 0 spiro atoms. The van der Waals surface area contributed by atoms with Gasteiger partial charge in [-0.25, -0.2) is 4.98 Å². The Labute approximate surface area is 212 Å². The lowest BCUT2D eigenvalue weighted by Gasteiger charge is -2.34. The first-order chi connectivity index (χ1) is 17.0.